The van der Waals surface area contributed by atoms with Crippen molar-refractivity contribution in [3.63, 3.8) is 0 Å². The molecule has 2 aromatic heterocycles. The summed E-state index contributed by atoms with van der Waals surface area (Å²) < 4.78 is 8.75. The lowest BCUT2D eigenvalue weighted by Crippen LogP contribution is -2.62. The third-order valence-corrected chi connectivity index (χ3v) is 7.48. The molecule has 3 heterocycles. The monoisotopic (exact) mass is 479 g/mol. The van der Waals surface area contributed by atoms with Gasteiger partial charge in [0.05, 0.1) is 24.0 Å². The topological polar surface area (TPSA) is 102 Å². The van der Waals surface area contributed by atoms with Crippen LogP contribution in [-0.4, -0.2) is 59.7 Å². The van der Waals surface area contributed by atoms with E-state index < -0.39 is 16.6 Å². The van der Waals surface area contributed by atoms with Gasteiger partial charge in [0.15, 0.2) is 5.65 Å². The Morgan fingerprint density at radius 3 is 2.54 bits per heavy atom. The average Bonchev–Trinajstić information content (AvgIpc) is 3.46. The number of aromatic nitrogens is 4. The van der Waals surface area contributed by atoms with E-state index in [1.54, 1.807) is 9.58 Å². The SMILES string of the molecule is CC(C)(C)OC(=O)N1CCC(O)(Cn2cnc3c(cnn3-c3ccccc3)c2=O)C2(CCCC2)C1. The molecule has 0 radical (unpaired) electrons. The predicted molar refractivity (Wildman–Crippen MR) is 131 cm³/mol. The fraction of sp³-hybridized carbons (Fsp3) is 0.538. The van der Waals surface area contributed by atoms with Gasteiger partial charge >= 0.3 is 6.09 Å². The molecule has 9 nitrogen and oxygen atoms in total. The van der Waals surface area contributed by atoms with Crippen LogP contribution in [-0.2, 0) is 11.3 Å². The zero-order chi connectivity index (χ0) is 24.8. The van der Waals surface area contributed by atoms with Crippen LogP contribution in [0.25, 0.3) is 16.7 Å². The predicted octanol–water partition coefficient (Wildman–Crippen LogP) is 3.51. The zero-order valence-electron chi connectivity index (χ0n) is 20.6. The third kappa shape index (κ3) is 4.22. The fourth-order valence-electron chi connectivity index (χ4n) is 5.68. The van der Waals surface area contributed by atoms with Crippen molar-refractivity contribution in [2.75, 3.05) is 13.1 Å². The second-order valence-corrected chi connectivity index (χ2v) is 11.0. The van der Waals surface area contributed by atoms with Gasteiger partial charge in [-0.2, -0.15) is 5.10 Å². The molecule has 1 unspecified atom stereocenters. The van der Waals surface area contributed by atoms with Crippen LogP contribution >= 0.6 is 0 Å². The summed E-state index contributed by atoms with van der Waals surface area (Å²) in [6.45, 7) is 6.50. The minimum Gasteiger partial charge on any atom is -0.444 e. The molecule has 1 saturated carbocycles. The molecule has 5 rings (SSSR count). The number of piperidine rings is 1. The summed E-state index contributed by atoms with van der Waals surface area (Å²) in [7, 11) is 0. The Labute approximate surface area is 204 Å². The van der Waals surface area contributed by atoms with Crippen molar-refractivity contribution in [1.29, 1.82) is 0 Å². The normalized spacial score (nSPS) is 22.1. The molecule has 3 aromatic rings. The quantitative estimate of drug-likeness (QED) is 0.617. The highest BCUT2D eigenvalue weighted by molar-refractivity contribution is 5.75. The molecular formula is C26H33N5O4. The molecule has 1 N–H and O–H groups in total. The van der Waals surface area contributed by atoms with Crippen LogP contribution < -0.4 is 5.56 Å². The first-order valence-electron chi connectivity index (χ1n) is 12.3. The number of rotatable bonds is 3. The number of carbonyl (C=O) groups excluding carboxylic acids is 1. The van der Waals surface area contributed by atoms with Crippen LogP contribution in [0.4, 0.5) is 4.79 Å². The molecular weight excluding hydrogens is 446 g/mol. The van der Waals surface area contributed by atoms with E-state index in [2.05, 4.69) is 10.1 Å². The fourth-order valence-corrected chi connectivity index (χ4v) is 5.68. The lowest BCUT2D eigenvalue weighted by Gasteiger charge is -2.52. The van der Waals surface area contributed by atoms with Gasteiger partial charge in [-0.3, -0.25) is 9.36 Å². The van der Waals surface area contributed by atoms with Crippen molar-refractivity contribution in [2.45, 2.75) is 70.6 Å². The standard InChI is InChI=1S/C26H33N5O4/c1-24(2,3)35-23(33)29-14-13-26(34,25(16-29)11-7-8-12-25)17-30-18-27-21-20(22(30)32)15-28-31(21)19-9-5-4-6-10-19/h4-6,9-10,15,18,34H,7-8,11-14,16-17H2,1-3H3. The van der Waals surface area contributed by atoms with Crippen molar-refractivity contribution in [3.8, 4) is 5.69 Å². The number of hydrogen-bond donors (Lipinski definition) is 1. The molecule has 1 atom stereocenters. The van der Waals surface area contributed by atoms with Crippen LogP contribution in [0.3, 0.4) is 0 Å². The molecule has 186 valence electrons. The van der Waals surface area contributed by atoms with Crippen LogP contribution in [0.1, 0.15) is 52.9 Å². The van der Waals surface area contributed by atoms with Gasteiger partial charge in [-0.05, 0) is 52.2 Å². The molecule has 2 fully saturated rings. The number of carbonyl (C=O) groups is 1. The van der Waals surface area contributed by atoms with E-state index in [4.69, 9.17) is 4.74 Å². The lowest BCUT2D eigenvalue weighted by molar-refractivity contribution is -0.140. The highest BCUT2D eigenvalue weighted by Gasteiger charge is 2.56. The summed E-state index contributed by atoms with van der Waals surface area (Å²) in [5.74, 6) is 0. The smallest absolute Gasteiger partial charge is 0.410 e. The number of benzene rings is 1. The summed E-state index contributed by atoms with van der Waals surface area (Å²) in [5, 5.41) is 16.8. The van der Waals surface area contributed by atoms with Crippen molar-refractivity contribution in [3.05, 3.63) is 53.2 Å². The van der Waals surface area contributed by atoms with Gasteiger partial charge < -0.3 is 14.7 Å². The van der Waals surface area contributed by atoms with Crippen molar-refractivity contribution < 1.29 is 14.6 Å². The molecule has 1 aliphatic heterocycles. The first-order chi connectivity index (χ1) is 16.6. The number of amides is 1. The van der Waals surface area contributed by atoms with Gasteiger partial charge in [0, 0.05) is 18.5 Å². The molecule has 9 heteroatoms. The maximum absolute atomic E-state index is 13.4. The van der Waals surface area contributed by atoms with Gasteiger partial charge in [0.25, 0.3) is 5.56 Å². The number of aliphatic hydroxyl groups is 1. The van der Waals surface area contributed by atoms with Crippen LogP contribution in [0.5, 0.6) is 0 Å². The number of fused-ring (bicyclic) bond motifs is 1. The largest absolute Gasteiger partial charge is 0.444 e. The number of ether oxygens (including phenoxy) is 1. The first kappa shape index (κ1) is 23.5. The second-order valence-electron chi connectivity index (χ2n) is 11.0. The van der Waals surface area contributed by atoms with E-state index in [0.717, 1.165) is 31.4 Å². The molecule has 2 aliphatic rings. The summed E-state index contributed by atoms with van der Waals surface area (Å²) >= 11 is 0. The zero-order valence-corrected chi connectivity index (χ0v) is 20.6. The van der Waals surface area contributed by atoms with Gasteiger partial charge in [-0.15, -0.1) is 0 Å². The van der Waals surface area contributed by atoms with Crippen LogP contribution in [0.2, 0.25) is 0 Å². The Kier molecular flexibility index (Phi) is 5.70. The minimum absolute atomic E-state index is 0.132. The maximum atomic E-state index is 13.4. The van der Waals surface area contributed by atoms with Gasteiger partial charge in [0.2, 0.25) is 0 Å². The van der Waals surface area contributed by atoms with Crippen molar-refractivity contribution in [1.82, 2.24) is 24.2 Å². The third-order valence-electron chi connectivity index (χ3n) is 7.48. The van der Waals surface area contributed by atoms with Crippen molar-refractivity contribution >= 4 is 17.1 Å². The molecule has 1 aromatic carbocycles. The first-order valence-corrected chi connectivity index (χ1v) is 12.3. The summed E-state index contributed by atoms with van der Waals surface area (Å²) in [4.78, 5) is 32.4. The van der Waals surface area contributed by atoms with Gasteiger partial charge in [0.1, 0.15) is 17.3 Å². The van der Waals surface area contributed by atoms with Gasteiger partial charge in [-0.1, -0.05) is 31.0 Å². The Bertz CT molecular complexity index is 1290. The van der Waals surface area contributed by atoms with E-state index in [0.29, 0.717) is 30.5 Å². The molecule has 0 bridgehead atoms. The number of para-hydroxylation sites is 1. The average molecular weight is 480 g/mol. The molecule has 1 aliphatic carbocycles. The summed E-state index contributed by atoms with van der Waals surface area (Å²) in [6, 6.07) is 9.55. The van der Waals surface area contributed by atoms with Gasteiger partial charge in [-0.25, -0.2) is 14.5 Å². The molecule has 1 saturated heterocycles. The minimum atomic E-state index is -1.13. The van der Waals surface area contributed by atoms with E-state index in [1.165, 1.54) is 17.1 Å². The lowest BCUT2D eigenvalue weighted by atomic mass is 9.66. The number of hydrogen-bond acceptors (Lipinski definition) is 6. The van der Waals surface area contributed by atoms with Crippen LogP contribution in [0, 0.1) is 5.41 Å². The highest BCUT2D eigenvalue weighted by atomic mass is 16.6. The molecule has 1 amide bonds. The highest BCUT2D eigenvalue weighted by Crippen LogP contribution is 2.51. The van der Waals surface area contributed by atoms with E-state index in [1.807, 2.05) is 51.1 Å². The second kappa shape index (κ2) is 8.48. The van der Waals surface area contributed by atoms with Crippen LogP contribution in [0.15, 0.2) is 47.7 Å². The Morgan fingerprint density at radius 2 is 1.86 bits per heavy atom. The molecule has 1 spiro atoms. The van der Waals surface area contributed by atoms with Crippen molar-refractivity contribution in [2.24, 2.45) is 5.41 Å². The van der Waals surface area contributed by atoms with E-state index in [-0.39, 0.29) is 18.2 Å². The maximum Gasteiger partial charge on any atom is 0.410 e. The summed E-state index contributed by atoms with van der Waals surface area (Å²) in [6.07, 6.45) is 6.65. The summed E-state index contributed by atoms with van der Waals surface area (Å²) in [5.41, 5.74) is -1.11. The number of nitrogens with zero attached hydrogens (tertiary/aromatic N) is 5. The Balaban J connectivity index is 1.44. The van der Waals surface area contributed by atoms with E-state index in [9.17, 15) is 14.7 Å². The Hall–Kier alpha value is -3.20. The number of likely N-dealkylation sites (tertiary alicyclic amines) is 1. The Morgan fingerprint density at radius 1 is 1.14 bits per heavy atom. The molecule has 35 heavy (non-hydrogen) atoms. The van der Waals surface area contributed by atoms with E-state index >= 15 is 0 Å².